The molecule has 0 aromatic heterocycles. The van der Waals surface area contributed by atoms with Gasteiger partial charge in [-0.2, -0.15) is 9.41 Å². The molecule has 0 atom stereocenters. The maximum absolute atomic E-state index is 13.3. The van der Waals surface area contributed by atoms with Gasteiger partial charge in [0, 0.05) is 11.6 Å². The van der Waals surface area contributed by atoms with Gasteiger partial charge >= 0.3 is 0 Å². The maximum atomic E-state index is 13.3. The fourth-order valence-corrected chi connectivity index (χ4v) is 4.65. The number of sulfonamides is 1. The van der Waals surface area contributed by atoms with E-state index in [-0.39, 0.29) is 22.9 Å². The number of carbonyl (C=O) groups excluding carboxylic acids is 1. The molecule has 0 fully saturated rings. The number of nitrogens with zero attached hydrogens (tertiary/aromatic N) is 2. The Balaban J connectivity index is 1.79. The van der Waals surface area contributed by atoms with Crippen LogP contribution in [0, 0.1) is 6.92 Å². The summed E-state index contributed by atoms with van der Waals surface area (Å²) in [5.74, 6) is -0.385. The summed E-state index contributed by atoms with van der Waals surface area (Å²) >= 11 is 5.90. The molecule has 3 aromatic carbocycles. The number of ether oxygens (including phenoxy) is 1. The van der Waals surface area contributed by atoms with Gasteiger partial charge in [0.05, 0.1) is 24.8 Å². The van der Waals surface area contributed by atoms with E-state index in [0.717, 1.165) is 15.4 Å². The van der Waals surface area contributed by atoms with Gasteiger partial charge in [-0.15, -0.1) is 0 Å². The van der Waals surface area contributed by atoms with E-state index in [1.165, 1.54) is 43.7 Å². The molecule has 3 aromatic rings. The number of halogens is 1. The molecule has 0 saturated heterocycles. The summed E-state index contributed by atoms with van der Waals surface area (Å²) in [6.07, 6.45) is 1.36. The van der Waals surface area contributed by atoms with Gasteiger partial charge in [0.15, 0.2) is 11.5 Å². The van der Waals surface area contributed by atoms with Crippen LogP contribution >= 0.6 is 11.6 Å². The molecule has 0 aliphatic carbocycles. The van der Waals surface area contributed by atoms with Crippen LogP contribution in [-0.2, 0) is 21.4 Å². The third-order valence-electron chi connectivity index (χ3n) is 4.82. The van der Waals surface area contributed by atoms with Crippen LogP contribution in [0.15, 0.2) is 76.7 Å². The molecule has 0 saturated carbocycles. The van der Waals surface area contributed by atoms with Gasteiger partial charge in [0.1, 0.15) is 0 Å². The Morgan fingerprint density at radius 1 is 1.15 bits per heavy atom. The van der Waals surface area contributed by atoms with Crippen molar-refractivity contribution in [1.29, 1.82) is 0 Å². The van der Waals surface area contributed by atoms with Crippen LogP contribution in [0.2, 0.25) is 5.02 Å². The maximum Gasteiger partial charge on any atom is 0.255 e. The largest absolute Gasteiger partial charge is 0.504 e. The lowest BCUT2D eigenvalue weighted by atomic mass is 10.1. The highest BCUT2D eigenvalue weighted by atomic mass is 35.5. The monoisotopic (exact) mass is 501 g/mol. The first-order valence-corrected chi connectivity index (χ1v) is 12.0. The number of methoxy groups -OCH3 is 1. The number of rotatable bonds is 9. The molecule has 2 N–H and O–H groups in total. The van der Waals surface area contributed by atoms with E-state index in [2.05, 4.69) is 10.5 Å². The third kappa shape index (κ3) is 6.57. The zero-order chi connectivity index (χ0) is 24.7. The van der Waals surface area contributed by atoms with E-state index in [9.17, 15) is 18.3 Å². The van der Waals surface area contributed by atoms with Gasteiger partial charge in [0.25, 0.3) is 5.91 Å². The predicted molar refractivity (Wildman–Crippen MR) is 131 cm³/mol. The lowest BCUT2D eigenvalue weighted by Gasteiger charge is -2.21. The second-order valence-corrected chi connectivity index (χ2v) is 9.81. The first-order valence-electron chi connectivity index (χ1n) is 10.2. The summed E-state index contributed by atoms with van der Waals surface area (Å²) in [6.45, 7) is 1.45. The Kier molecular flexibility index (Phi) is 8.27. The van der Waals surface area contributed by atoms with Crippen LogP contribution in [0.4, 0.5) is 0 Å². The van der Waals surface area contributed by atoms with E-state index in [1.54, 1.807) is 18.2 Å². The molecule has 8 nitrogen and oxygen atoms in total. The Bertz CT molecular complexity index is 1290. The van der Waals surface area contributed by atoms with Crippen LogP contribution in [0.5, 0.6) is 11.5 Å². The predicted octanol–water partition coefficient (Wildman–Crippen LogP) is 3.70. The Labute approximate surface area is 203 Å². The van der Waals surface area contributed by atoms with Crippen molar-refractivity contribution >= 4 is 33.7 Å². The number of phenolic OH excluding ortho intramolecular Hbond substituents is 1. The Morgan fingerprint density at radius 3 is 2.56 bits per heavy atom. The number of amides is 1. The Morgan fingerprint density at radius 2 is 1.88 bits per heavy atom. The minimum Gasteiger partial charge on any atom is -0.504 e. The molecule has 0 bridgehead atoms. The number of hydrogen-bond acceptors (Lipinski definition) is 6. The molecular formula is C24H24ClN3O5S. The first kappa shape index (κ1) is 25.2. The number of hydrazone groups is 1. The van der Waals surface area contributed by atoms with E-state index >= 15 is 0 Å². The highest BCUT2D eigenvalue weighted by Crippen LogP contribution is 2.25. The zero-order valence-electron chi connectivity index (χ0n) is 18.6. The second kappa shape index (κ2) is 11.1. The summed E-state index contributed by atoms with van der Waals surface area (Å²) < 4.78 is 32.7. The zero-order valence-corrected chi connectivity index (χ0v) is 20.2. The molecule has 0 radical (unpaired) electrons. The lowest BCUT2D eigenvalue weighted by Crippen LogP contribution is -2.39. The van der Waals surface area contributed by atoms with E-state index in [1.807, 2.05) is 25.1 Å². The van der Waals surface area contributed by atoms with Crippen molar-refractivity contribution in [2.75, 3.05) is 13.7 Å². The fraction of sp³-hybridized carbons (Fsp3) is 0.167. The molecule has 0 spiro atoms. The summed E-state index contributed by atoms with van der Waals surface area (Å²) in [4.78, 5) is 12.6. The molecule has 3 rings (SSSR count). The van der Waals surface area contributed by atoms with Crippen LogP contribution in [0.25, 0.3) is 0 Å². The first-order chi connectivity index (χ1) is 16.2. The molecule has 0 heterocycles. The summed E-state index contributed by atoms with van der Waals surface area (Å²) in [5, 5.41) is 14.0. The third-order valence-corrected chi connectivity index (χ3v) is 6.88. The topological polar surface area (TPSA) is 108 Å². The summed E-state index contributed by atoms with van der Waals surface area (Å²) in [6, 6.07) is 17.7. The molecular weight excluding hydrogens is 478 g/mol. The van der Waals surface area contributed by atoms with Gasteiger partial charge in [-0.25, -0.2) is 13.8 Å². The highest BCUT2D eigenvalue weighted by molar-refractivity contribution is 7.89. The number of nitrogens with one attached hydrogen (secondary N) is 1. The smallest absolute Gasteiger partial charge is 0.255 e. The van der Waals surface area contributed by atoms with Crippen molar-refractivity contribution in [2.24, 2.45) is 5.10 Å². The van der Waals surface area contributed by atoms with E-state index in [4.69, 9.17) is 16.3 Å². The number of aromatic hydroxyl groups is 1. The number of aryl methyl sites for hydroxylation is 1. The van der Waals surface area contributed by atoms with Crippen molar-refractivity contribution in [3.8, 4) is 11.5 Å². The average molecular weight is 502 g/mol. The average Bonchev–Trinajstić information content (AvgIpc) is 2.80. The minimum atomic E-state index is -4.00. The van der Waals surface area contributed by atoms with E-state index in [0.29, 0.717) is 10.6 Å². The molecule has 1 amide bonds. The SMILES string of the molecule is COc1cc(/C=N\NC(=O)CN(Cc2cccc(C)c2)S(=O)(=O)c2ccc(Cl)cc2)ccc1O. The van der Waals surface area contributed by atoms with E-state index < -0.39 is 22.5 Å². The van der Waals surface area contributed by atoms with Crippen molar-refractivity contribution in [2.45, 2.75) is 18.4 Å². The summed E-state index contributed by atoms with van der Waals surface area (Å²) in [7, 11) is -2.58. The normalized spacial score (nSPS) is 11.6. The molecule has 0 aliphatic heterocycles. The van der Waals surface area contributed by atoms with Crippen molar-refractivity contribution in [1.82, 2.24) is 9.73 Å². The van der Waals surface area contributed by atoms with Crippen LogP contribution in [0.3, 0.4) is 0 Å². The minimum absolute atomic E-state index is 0.00106. The van der Waals surface area contributed by atoms with Gasteiger partial charge in [-0.1, -0.05) is 41.4 Å². The van der Waals surface area contributed by atoms with Crippen LogP contribution < -0.4 is 10.2 Å². The summed E-state index contributed by atoms with van der Waals surface area (Å²) in [5.41, 5.74) is 4.63. The quantitative estimate of drug-likeness (QED) is 0.343. The molecule has 10 heteroatoms. The Hall–Kier alpha value is -3.40. The van der Waals surface area contributed by atoms with Crippen molar-refractivity contribution < 1.29 is 23.1 Å². The van der Waals surface area contributed by atoms with Crippen LogP contribution in [0.1, 0.15) is 16.7 Å². The number of benzene rings is 3. The van der Waals surface area contributed by atoms with Crippen LogP contribution in [-0.4, -0.2) is 43.6 Å². The standard InChI is InChI=1S/C24H24ClN3O5S/c1-17-4-3-5-19(12-17)15-28(34(31,32)21-9-7-20(25)8-10-21)16-24(30)27-26-14-18-6-11-22(29)23(13-18)33-2/h3-14,29H,15-16H2,1-2H3,(H,27,30)/b26-14-. The molecule has 34 heavy (non-hydrogen) atoms. The van der Waals surface area contributed by atoms with Gasteiger partial charge in [-0.05, 0) is 60.5 Å². The number of hydrogen-bond donors (Lipinski definition) is 2. The van der Waals surface area contributed by atoms with Gasteiger partial charge in [0.2, 0.25) is 10.0 Å². The van der Waals surface area contributed by atoms with Crippen molar-refractivity contribution in [3.05, 3.63) is 88.4 Å². The number of carbonyl (C=O) groups is 1. The highest BCUT2D eigenvalue weighted by Gasteiger charge is 2.27. The fourth-order valence-electron chi connectivity index (χ4n) is 3.14. The van der Waals surface area contributed by atoms with Gasteiger partial charge in [-0.3, -0.25) is 4.79 Å². The van der Waals surface area contributed by atoms with Crippen molar-refractivity contribution in [3.63, 3.8) is 0 Å². The van der Waals surface area contributed by atoms with Gasteiger partial charge < -0.3 is 9.84 Å². The molecule has 0 aliphatic rings. The second-order valence-electron chi connectivity index (χ2n) is 7.44. The lowest BCUT2D eigenvalue weighted by molar-refractivity contribution is -0.121. The molecule has 0 unspecified atom stereocenters. The molecule has 178 valence electrons. The number of phenols is 1.